The molecule has 0 aromatic heterocycles. The van der Waals surface area contributed by atoms with Gasteiger partial charge in [0.25, 0.3) is 0 Å². The molecule has 0 saturated carbocycles. The Kier molecular flexibility index (Phi) is 3.34. The zero-order valence-corrected chi connectivity index (χ0v) is 7.58. The third-order valence-electron chi connectivity index (χ3n) is 2.10. The van der Waals surface area contributed by atoms with E-state index in [-0.39, 0.29) is 5.96 Å². The smallest absolute Gasteiger partial charge is 0.188 e. The molecule has 0 aromatic carbocycles. The molecule has 3 N–H and O–H groups in total. The van der Waals surface area contributed by atoms with E-state index < -0.39 is 0 Å². The zero-order valence-electron chi connectivity index (χ0n) is 7.58. The van der Waals surface area contributed by atoms with Gasteiger partial charge in [0, 0.05) is 32.7 Å². The van der Waals surface area contributed by atoms with Crippen LogP contribution in [0.2, 0.25) is 0 Å². The molecule has 1 saturated heterocycles. The third-order valence-corrected chi connectivity index (χ3v) is 2.10. The van der Waals surface area contributed by atoms with E-state index in [1.165, 1.54) is 0 Å². The Morgan fingerprint density at radius 1 is 1.42 bits per heavy atom. The van der Waals surface area contributed by atoms with Crippen LogP contribution in [0.5, 0.6) is 0 Å². The maximum atomic E-state index is 7.23. The van der Waals surface area contributed by atoms with Crippen molar-refractivity contribution in [2.45, 2.75) is 13.3 Å². The summed E-state index contributed by atoms with van der Waals surface area (Å²) in [6.45, 7) is 8.09. The van der Waals surface area contributed by atoms with Gasteiger partial charge in [-0.15, -0.1) is 0 Å². The van der Waals surface area contributed by atoms with Crippen LogP contribution in [0, 0.1) is 12.0 Å². The zero-order chi connectivity index (χ0) is 8.97. The number of guanidine groups is 1. The molecule has 1 fully saturated rings. The largest absolute Gasteiger partial charge is 0.370 e. The Morgan fingerprint density at radius 3 is 2.42 bits per heavy atom. The highest BCUT2D eigenvalue weighted by Gasteiger charge is 2.16. The van der Waals surface area contributed by atoms with Crippen molar-refractivity contribution in [3.05, 3.63) is 6.54 Å². The van der Waals surface area contributed by atoms with Crippen LogP contribution in [0.25, 0.3) is 0 Å². The molecule has 1 heterocycles. The van der Waals surface area contributed by atoms with Gasteiger partial charge in [0.1, 0.15) is 0 Å². The van der Waals surface area contributed by atoms with E-state index in [9.17, 15) is 0 Å². The van der Waals surface area contributed by atoms with Crippen molar-refractivity contribution in [2.24, 2.45) is 5.73 Å². The van der Waals surface area contributed by atoms with E-state index in [4.69, 9.17) is 11.1 Å². The second kappa shape index (κ2) is 4.30. The van der Waals surface area contributed by atoms with Crippen LogP contribution in [0.1, 0.15) is 13.3 Å². The number of hydrogen-bond donors (Lipinski definition) is 2. The lowest BCUT2D eigenvalue weighted by atomic mass is 10.3. The molecule has 4 heteroatoms. The summed E-state index contributed by atoms with van der Waals surface area (Å²) in [5.74, 6) is 0.200. The summed E-state index contributed by atoms with van der Waals surface area (Å²) in [5.41, 5.74) is 5.37. The molecule has 1 radical (unpaired) electrons. The van der Waals surface area contributed by atoms with Crippen molar-refractivity contribution in [1.82, 2.24) is 9.80 Å². The average Bonchev–Trinajstić information content (AvgIpc) is 2.06. The molecule has 0 unspecified atom stereocenters. The first-order chi connectivity index (χ1) is 5.74. The summed E-state index contributed by atoms with van der Waals surface area (Å²) in [6, 6.07) is 0. The van der Waals surface area contributed by atoms with Gasteiger partial charge >= 0.3 is 0 Å². The Hall–Kier alpha value is -0.770. The maximum Gasteiger partial charge on any atom is 0.188 e. The van der Waals surface area contributed by atoms with Crippen LogP contribution in [0.4, 0.5) is 0 Å². The first-order valence-electron chi connectivity index (χ1n) is 4.40. The summed E-state index contributed by atoms with van der Waals surface area (Å²) in [5, 5.41) is 7.23. The molecule has 0 aromatic rings. The van der Waals surface area contributed by atoms with Gasteiger partial charge in [-0.2, -0.15) is 0 Å². The van der Waals surface area contributed by atoms with E-state index in [0.29, 0.717) is 0 Å². The van der Waals surface area contributed by atoms with Gasteiger partial charge < -0.3 is 10.6 Å². The van der Waals surface area contributed by atoms with E-state index in [0.717, 1.165) is 32.6 Å². The van der Waals surface area contributed by atoms with Crippen molar-refractivity contribution in [3.63, 3.8) is 0 Å². The van der Waals surface area contributed by atoms with Gasteiger partial charge in [0.2, 0.25) is 0 Å². The fraction of sp³-hybridized carbons (Fsp3) is 0.750. The second-order valence-electron chi connectivity index (χ2n) is 3.00. The van der Waals surface area contributed by atoms with Crippen molar-refractivity contribution < 1.29 is 0 Å². The standard InChI is InChI=1S/C8H17N4/c1-2-3-11-4-6-12(7-5-11)8(9)10/h3H,2,4-7H2,1H3,(H3,9,10). The molecule has 69 valence electrons. The van der Waals surface area contributed by atoms with Crippen molar-refractivity contribution >= 4 is 5.96 Å². The van der Waals surface area contributed by atoms with Gasteiger partial charge in [-0.3, -0.25) is 10.3 Å². The molecule has 12 heavy (non-hydrogen) atoms. The van der Waals surface area contributed by atoms with Crippen molar-refractivity contribution in [1.29, 1.82) is 5.41 Å². The number of nitrogens with one attached hydrogen (secondary N) is 1. The van der Waals surface area contributed by atoms with Crippen LogP contribution < -0.4 is 5.73 Å². The van der Waals surface area contributed by atoms with Crippen molar-refractivity contribution in [2.75, 3.05) is 26.2 Å². The quantitative estimate of drug-likeness (QED) is 0.454. The summed E-state index contributed by atoms with van der Waals surface area (Å²) in [4.78, 5) is 4.19. The Morgan fingerprint density at radius 2 is 2.00 bits per heavy atom. The van der Waals surface area contributed by atoms with Gasteiger partial charge in [-0.1, -0.05) is 6.92 Å². The van der Waals surface area contributed by atoms with Crippen LogP contribution in [-0.4, -0.2) is 41.9 Å². The summed E-state index contributed by atoms with van der Waals surface area (Å²) in [6.07, 6.45) is 1.08. The summed E-state index contributed by atoms with van der Waals surface area (Å²) < 4.78 is 0. The second-order valence-corrected chi connectivity index (χ2v) is 3.00. The van der Waals surface area contributed by atoms with Gasteiger partial charge in [-0.25, -0.2) is 0 Å². The molecule has 0 aliphatic carbocycles. The third kappa shape index (κ3) is 2.37. The molecule has 0 bridgehead atoms. The SMILES string of the molecule is CC[CH]N1CCN(C(=N)N)CC1. The molecular weight excluding hydrogens is 152 g/mol. The minimum atomic E-state index is 0.200. The monoisotopic (exact) mass is 169 g/mol. The number of hydrogen-bond acceptors (Lipinski definition) is 2. The minimum Gasteiger partial charge on any atom is -0.370 e. The molecule has 1 aliphatic rings. The van der Waals surface area contributed by atoms with Gasteiger partial charge in [0.15, 0.2) is 5.96 Å². The highest BCUT2D eigenvalue weighted by molar-refractivity contribution is 5.74. The van der Waals surface area contributed by atoms with Crippen LogP contribution >= 0.6 is 0 Å². The predicted octanol–water partition coefficient (Wildman–Crippen LogP) is 0.0693. The van der Waals surface area contributed by atoms with Crippen LogP contribution in [0.15, 0.2) is 0 Å². The fourth-order valence-corrected chi connectivity index (χ4v) is 1.40. The number of nitrogens with two attached hydrogens (primary N) is 1. The predicted molar refractivity (Wildman–Crippen MR) is 49.7 cm³/mol. The Bertz CT molecular complexity index is 149. The number of piperazine rings is 1. The molecule has 0 amide bonds. The fourth-order valence-electron chi connectivity index (χ4n) is 1.40. The molecule has 0 spiro atoms. The summed E-state index contributed by atoms with van der Waals surface area (Å²) >= 11 is 0. The van der Waals surface area contributed by atoms with E-state index in [1.807, 2.05) is 4.90 Å². The highest BCUT2D eigenvalue weighted by atomic mass is 15.3. The lowest BCUT2D eigenvalue weighted by Gasteiger charge is -2.34. The van der Waals surface area contributed by atoms with Gasteiger partial charge in [-0.05, 0) is 6.42 Å². The number of rotatable bonds is 2. The normalized spacial score (nSPS) is 19.6. The van der Waals surface area contributed by atoms with E-state index >= 15 is 0 Å². The Balaban J connectivity index is 2.25. The molecule has 1 rings (SSSR count). The van der Waals surface area contributed by atoms with E-state index in [2.05, 4.69) is 18.4 Å². The first kappa shape index (κ1) is 9.32. The number of nitrogens with zero attached hydrogens (tertiary/aromatic N) is 2. The lowest BCUT2D eigenvalue weighted by molar-refractivity contribution is 0.211. The van der Waals surface area contributed by atoms with Crippen LogP contribution in [0.3, 0.4) is 0 Å². The maximum absolute atomic E-state index is 7.23. The molecule has 1 aliphatic heterocycles. The summed E-state index contributed by atoms with van der Waals surface area (Å²) in [7, 11) is 0. The topological polar surface area (TPSA) is 56.4 Å². The lowest BCUT2D eigenvalue weighted by Crippen LogP contribution is -2.49. The average molecular weight is 169 g/mol. The van der Waals surface area contributed by atoms with E-state index in [1.54, 1.807) is 0 Å². The molecular formula is C8H17N4. The van der Waals surface area contributed by atoms with Crippen molar-refractivity contribution in [3.8, 4) is 0 Å². The minimum absolute atomic E-state index is 0.200. The molecule has 4 nitrogen and oxygen atoms in total. The first-order valence-corrected chi connectivity index (χ1v) is 4.40. The van der Waals surface area contributed by atoms with Gasteiger partial charge in [0.05, 0.1) is 0 Å². The van der Waals surface area contributed by atoms with Crippen LogP contribution in [-0.2, 0) is 0 Å². The Labute approximate surface area is 73.8 Å². The molecule has 0 atom stereocenters. The highest BCUT2D eigenvalue weighted by Crippen LogP contribution is 2.03.